The van der Waals surface area contributed by atoms with Gasteiger partial charge in [0.1, 0.15) is 16.0 Å². The fourth-order valence-electron chi connectivity index (χ4n) is 2.09. The van der Waals surface area contributed by atoms with Crippen molar-refractivity contribution >= 4 is 46.8 Å². The van der Waals surface area contributed by atoms with Gasteiger partial charge in [0.2, 0.25) is 5.91 Å². The Labute approximate surface area is 150 Å². The zero-order chi connectivity index (χ0) is 18.0. The number of rotatable bonds is 5. The SMILES string of the molecule is CCOC(=O)C(C#N)=Cc1ccc(NC(=O)C2(C)CC2(Cl)Cl)cc1. The maximum Gasteiger partial charge on any atom is 0.348 e. The van der Waals surface area contributed by atoms with Crippen LogP contribution in [0.25, 0.3) is 6.08 Å². The number of carbonyl (C=O) groups is 2. The Morgan fingerprint density at radius 2 is 1.96 bits per heavy atom. The second kappa shape index (κ2) is 6.84. The van der Waals surface area contributed by atoms with Crippen molar-refractivity contribution in [2.75, 3.05) is 11.9 Å². The molecule has 1 aliphatic rings. The van der Waals surface area contributed by atoms with Crippen LogP contribution in [-0.2, 0) is 14.3 Å². The Bertz CT molecular complexity index is 735. The summed E-state index contributed by atoms with van der Waals surface area (Å²) in [6.45, 7) is 3.57. The molecule has 1 aromatic carbocycles. The van der Waals surface area contributed by atoms with Gasteiger partial charge in [-0.25, -0.2) is 4.79 Å². The second-order valence-electron chi connectivity index (χ2n) is 5.68. The van der Waals surface area contributed by atoms with Crippen molar-refractivity contribution in [2.24, 2.45) is 5.41 Å². The highest BCUT2D eigenvalue weighted by Crippen LogP contribution is 2.64. The molecule has 0 spiro atoms. The average molecular weight is 367 g/mol. The number of carbonyl (C=O) groups excluding carboxylic acids is 2. The number of benzene rings is 1. The molecule has 0 aliphatic heterocycles. The van der Waals surface area contributed by atoms with Gasteiger partial charge in [-0.05, 0) is 44.0 Å². The highest BCUT2D eigenvalue weighted by atomic mass is 35.5. The van der Waals surface area contributed by atoms with Crippen molar-refractivity contribution < 1.29 is 14.3 Å². The lowest BCUT2D eigenvalue weighted by Crippen LogP contribution is -2.25. The Morgan fingerprint density at radius 3 is 2.42 bits per heavy atom. The topological polar surface area (TPSA) is 79.2 Å². The van der Waals surface area contributed by atoms with Crippen LogP contribution in [0.3, 0.4) is 0 Å². The lowest BCUT2D eigenvalue weighted by molar-refractivity contribution is -0.137. The van der Waals surface area contributed by atoms with E-state index in [1.54, 1.807) is 44.2 Å². The number of ether oxygens (including phenoxy) is 1. The van der Waals surface area contributed by atoms with Crippen molar-refractivity contribution in [2.45, 2.75) is 24.6 Å². The van der Waals surface area contributed by atoms with Crippen LogP contribution in [0.1, 0.15) is 25.8 Å². The molecule has 1 aromatic rings. The van der Waals surface area contributed by atoms with Crippen LogP contribution < -0.4 is 5.32 Å². The molecule has 0 saturated heterocycles. The zero-order valence-electron chi connectivity index (χ0n) is 13.2. The molecule has 1 aliphatic carbocycles. The number of nitrogens with zero attached hydrogens (tertiary/aromatic N) is 1. The molecule has 2 rings (SSSR count). The van der Waals surface area contributed by atoms with E-state index in [1.807, 2.05) is 0 Å². The molecule has 7 heteroatoms. The predicted octanol–water partition coefficient (Wildman–Crippen LogP) is 3.68. The quantitative estimate of drug-likeness (QED) is 0.373. The lowest BCUT2D eigenvalue weighted by Gasteiger charge is -2.12. The Hall–Kier alpha value is -2.03. The van der Waals surface area contributed by atoms with E-state index in [0.29, 0.717) is 17.7 Å². The van der Waals surface area contributed by atoms with Gasteiger partial charge in [0.15, 0.2) is 0 Å². The summed E-state index contributed by atoms with van der Waals surface area (Å²) in [6, 6.07) is 8.49. The van der Waals surface area contributed by atoms with E-state index in [9.17, 15) is 9.59 Å². The number of hydrogen-bond acceptors (Lipinski definition) is 4. The molecule has 24 heavy (non-hydrogen) atoms. The van der Waals surface area contributed by atoms with E-state index < -0.39 is 15.7 Å². The number of alkyl halides is 2. The van der Waals surface area contributed by atoms with Crippen LogP contribution in [0.15, 0.2) is 29.8 Å². The first kappa shape index (κ1) is 18.3. The van der Waals surface area contributed by atoms with E-state index in [0.717, 1.165) is 0 Å². The first-order valence-electron chi connectivity index (χ1n) is 7.32. The monoisotopic (exact) mass is 366 g/mol. The van der Waals surface area contributed by atoms with Crippen LogP contribution in [0, 0.1) is 16.7 Å². The Morgan fingerprint density at radius 1 is 1.38 bits per heavy atom. The van der Waals surface area contributed by atoms with Gasteiger partial charge in [-0.1, -0.05) is 12.1 Å². The van der Waals surface area contributed by atoms with Gasteiger partial charge in [0, 0.05) is 5.69 Å². The van der Waals surface area contributed by atoms with Crippen LogP contribution >= 0.6 is 23.2 Å². The first-order chi connectivity index (χ1) is 11.2. The standard InChI is InChI=1S/C17H16Cl2N2O3/c1-3-24-14(22)12(9-20)8-11-4-6-13(7-5-11)21-15(23)16(2)10-17(16,18)19/h4-8H,3,10H2,1-2H3,(H,21,23). The highest BCUT2D eigenvalue weighted by molar-refractivity contribution is 6.53. The average Bonchev–Trinajstić information content (AvgIpc) is 3.06. The predicted molar refractivity (Wildman–Crippen MR) is 92.5 cm³/mol. The summed E-state index contributed by atoms with van der Waals surface area (Å²) in [6.07, 6.45) is 1.83. The molecule has 0 aromatic heterocycles. The molecular formula is C17H16Cl2N2O3. The fourth-order valence-corrected chi connectivity index (χ4v) is 2.80. The molecule has 0 heterocycles. The zero-order valence-corrected chi connectivity index (χ0v) is 14.7. The number of halogens is 2. The van der Waals surface area contributed by atoms with Crippen LogP contribution in [0.5, 0.6) is 0 Å². The third-order valence-corrected chi connectivity index (χ3v) is 4.96. The number of anilines is 1. The van der Waals surface area contributed by atoms with E-state index >= 15 is 0 Å². The minimum Gasteiger partial charge on any atom is -0.462 e. The lowest BCUT2D eigenvalue weighted by atomic mass is 10.1. The van der Waals surface area contributed by atoms with Gasteiger partial charge in [-0.3, -0.25) is 4.79 Å². The summed E-state index contributed by atoms with van der Waals surface area (Å²) in [4.78, 5) is 23.8. The molecule has 1 fully saturated rings. The van der Waals surface area contributed by atoms with E-state index in [2.05, 4.69) is 5.32 Å². The normalized spacial score (nSPS) is 21.5. The molecule has 126 valence electrons. The van der Waals surface area contributed by atoms with Crippen LogP contribution in [0.4, 0.5) is 5.69 Å². The molecule has 1 atom stereocenters. The van der Waals surface area contributed by atoms with Gasteiger partial charge in [-0.15, -0.1) is 23.2 Å². The maximum absolute atomic E-state index is 12.2. The van der Waals surface area contributed by atoms with Gasteiger partial charge in [0.05, 0.1) is 12.0 Å². The molecule has 5 nitrogen and oxygen atoms in total. The molecule has 1 amide bonds. The summed E-state index contributed by atoms with van der Waals surface area (Å²) in [7, 11) is 0. The number of hydrogen-bond donors (Lipinski definition) is 1. The molecule has 0 radical (unpaired) electrons. The van der Waals surface area contributed by atoms with Crippen molar-refractivity contribution in [3.63, 3.8) is 0 Å². The van der Waals surface area contributed by atoms with E-state index in [1.165, 1.54) is 6.08 Å². The number of nitrogens with one attached hydrogen (secondary N) is 1. The number of nitriles is 1. The summed E-state index contributed by atoms with van der Waals surface area (Å²) in [5.41, 5.74) is 0.323. The Balaban J connectivity index is 2.07. The maximum atomic E-state index is 12.2. The third kappa shape index (κ3) is 3.72. The highest BCUT2D eigenvalue weighted by Gasteiger charge is 2.67. The van der Waals surface area contributed by atoms with Crippen LogP contribution in [0.2, 0.25) is 0 Å². The van der Waals surface area contributed by atoms with Crippen molar-refractivity contribution in [3.05, 3.63) is 35.4 Å². The smallest absolute Gasteiger partial charge is 0.348 e. The summed E-state index contributed by atoms with van der Waals surface area (Å²) >= 11 is 12.0. The third-order valence-electron chi connectivity index (χ3n) is 3.85. The van der Waals surface area contributed by atoms with Gasteiger partial charge in [-0.2, -0.15) is 5.26 Å². The molecule has 1 N–H and O–H groups in total. The molecule has 0 bridgehead atoms. The van der Waals surface area contributed by atoms with Crippen molar-refractivity contribution in [1.29, 1.82) is 5.26 Å². The number of esters is 1. The van der Waals surface area contributed by atoms with Crippen molar-refractivity contribution in [1.82, 2.24) is 0 Å². The summed E-state index contributed by atoms with van der Waals surface area (Å²) in [5.74, 6) is -0.917. The molecule has 1 saturated carbocycles. The summed E-state index contributed by atoms with van der Waals surface area (Å²) < 4.78 is 3.77. The van der Waals surface area contributed by atoms with Crippen molar-refractivity contribution in [3.8, 4) is 6.07 Å². The fraction of sp³-hybridized carbons (Fsp3) is 0.353. The summed E-state index contributed by atoms with van der Waals surface area (Å²) in [5, 5.41) is 11.8. The van der Waals surface area contributed by atoms with E-state index in [-0.39, 0.29) is 18.1 Å². The second-order valence-corrected chi connectivity index (χ2v) is 7.16. The molecule has 1 unspecified atom stereocenters. The largest absolute Gasteiger partial charge is 0.462 e. The van der Waals surface area contributed by atoms with Gasteiger partial charge >= 0.3 is 5.97 Å². The number of amides is 1. The molecular weight excluding hydrogens is 351 g/mol. The van der Waals surface area contributed by atoms with Gasteiger partial charge < -0.3 is 10.1 Å². The minimum absolute atomic E-state index is 0.0896. The minimum atomic E-state index is -1.03. The van der Waals surface area contributed by atoms with E-state index in [4.69, 9.17) is 33.2 Å². The Kier molecular flexibility index (Phi) is 5.22. The van der Waals surface area contributed by atoms with Gasteiger partial charge in [0.25, 0.3) is 0 Å². The van der Waals surface area contributed by atoms with Crippen LogP contribution in [-0.4, -0.2) is 22.8 Å². The first-order valence-corrected chi connectivity index (χ1v) is 8.07.